The number of hydrogen-bond acceptors (Lipinski definition) is 3. The Morgan fingerprint density at radius 2 is 2.11 bits per heavy atom. The van der Waals surface area contributed by atoms with Gasteiger partial charge in [-0.3, -0.25) is 9.78 Å². The van der Waals surface area contributed by atoms with Crippen LogP contribution in [0.4, 0.5) is 0 Å². The third-order valence-electron chi connectivity index (χ3n) is 3.53. The van der Waals surface area contributed by atoms with Gasteiger partial charge in [-0.1, -0.05) is 25.3 Å². The Hall–Kier alpha value is -1.22. The van der Waals surface area contributed by atoms with Gasteiger partial charge in [0.25, 0.3) is 0 Å². The standard InChI is InChI=1S/C15H21NO2/c17-15(13-6-2-1-3-7-13)12-18-11-9-14-8-4-5-10-16-14/h4-5,8,10,13H,1-3,6-7,9,11-12H2. The average Bonchev–Trinajstić information content (AvgIpc) is 2.45. The van der Waals surface area contributed by atoms with Gasteiger partial charge in [0.2, 0.25) is 0 Å². The molecule has 0 atom stereocenters. The summed E-state index contributed by atoms with van der Waals surface area (Å²) in [5.41, 5.74) is 1.02. The first-order valence-electron chi connectivity index (χ1n) is 6.86. The molecule has 0 N–H and O–H groups in total. The van der Waals surface area contributed by atoms with Crippen molar-refractivity contribution < 1.29 is 9.53 Å². The number of carbonyl (C=O) groups excluding carboxylic acids is 1. The van der Waals surface area contributed by atoms with Crippen molar-refractivity contribution in [2.45, 2.75) is 38.5 Å². The van der Waals surface area contributed by atoms with Crippen LogP contribution in [0.1, 0.15) is 37.8 Å². The molecule has 1 aromatic rings. The highest BCUT2D eigenvalue weighted by Gasteiger charge is 2.20. The van der Waals surface area contributed by atoms with Gasteiger partial charge in [0.1, 0.15) is 6.61 Å². The molecule has 3 nitrogen and oxygen atoms in total. The Balaban J connectivity index is 1.61. The highest BCUT2D eigenvalue weighted by atomic mass is 16.5. The van der Waals surface area contributed by atoms with Crippen LogP contribution >= 0.6 is 0 Å². The molecule has 0 unspecified atom stereocenters. The number of nitrogens with zero attached hydrogens (tertiary/aromatic N) is 1. The van der Waals surface area contributed by atoms with Crippen molar-refractivity contribution in [3.05, 3.63) is 30.1 Å². The lowest BCUT2D eigenvalue weighted by Crippen LogP contribution is -2.22. The fraction of sp³-hybridized carbons (Fsp3) is 0.600. The normalized spacial score (nSPS) is 16.7. The Labute approximate surface area is 109 Å². The van der Waals surface area contributed by atoms with Crippen molar-refractivity contribution in [2.75, 3.05) is 13.2 Å². The summed E-state index contributed by atoms with van der Waals surface area (Å²) in [6.45, 7) is 0.854. The number of pyridine rings is 1. The monoisotopic (exact) mass is 247 g/mol. The molecule has 1 heterocycles. The minimum Gasteiger partial charge on any atom is -0.373 e. The first-order valence-corrected chi connectivity index (χ1v) is 6.86. The molecule has 1 fully saturated rings. The fourth-order valence-electron chi connectivity index (χ4n) is 2.44. The van der Waals surface area contributed by atoms with E-state index in [0.717, 1.165) is 25.0 Å². The van der Waals surface area contributed by atoms with E-state index < -0.39 is 0 Å². The number of hydrogen-bond donors (Lipinski definition) is 0. The maximum atomic E-state index is 11.9. The molecule has 0 aromatic carbocycles. The van der Waals surface area contributed by atoms with E-state index in [1.807, 2.05) is 18.2 Å². The smallest absolute Gasteiger partial charge is 0.161 e. The van der Waals surface area contributed by atoms with Gasteiger partial charge in [0.15, 0.2) is 5.78 Å². The molecule has 3 heteroatoms. The zero-order valence-electron chi connectivity index (χ0n) is 10.8. The predicted octanol–water partition coefficient (Wildman–Crippen LogP) is 2.79. The third-order valence-corrected chi connectivity index (χ3v) is 3.53. The molecule has 1 aliphatic carbocycles. The summed E-state index contributed by atoms with van der Waals surface area (Å²) in [6.07, 6.45) is 8.35. The van der Waals surface area contributed by atoms with Crippen molar-refractivity contribution in [1.29, 1.82) is 0 Å². The van der Waals surface area contributed by atoms with E-state index in [4.69, 9.17) is 4.74 Å². The number of ketones is 1. The lowest BCUT2D eigenvalue weighted by Gasteiger charge is -2.20. The zero-order valence-corrected chi connectivity index (χ0v) is 10.8. The van der Waals surface area contributed by atoms with Crippen LogP contribution in [0, 0.1) is 5.92 Å². The molecule has 0 aliphatic heterocycles. The molecule has 0 saturated heterocycles. The molecule has 0 radical (unpaired) electrons. The van der Waals surface area contributed by atoms with Crippen LogP contribution in [0.2, 0.25) is 0 Å². The highest BCUT2D eigenvalue weighted by Crippen LogP contribution is 2.24. The number of aromatic nitrogens is 1. The summed E-state index contributed by atoms with van der Waals surface area (Å²) in [7, 11) is 0. The Morgan fingerprint density at radius 1 is 1.28 bits per heavy atom. The van der Waals surface area contributed by atoms with E-state index in [1.54, 1.807) is 6.20 Å². The number of rotatable bonds is 6. The molecule has 98 valence electrons. The highest BCUT2D eigenvalue weighted by molar-refractivity contribution is 5.82. The molecular formula is C15H21NO2. The number of ether oxygens (including phenoxy) is 1. The quantitative estimate of drug-likeness (QED) is 0.726. The van der Waals surface area contributed by atoms with Crippen molar-refractivity contribution >= 4 is 5.78 Å². The third kappa shape index (κ3) is 4.22. The van der Waals surface area contributed by atoms with Gasteiger partial charge >= 0.3 is 0 Å². The van der Waals surface area contributed by atoms with E-state index in [9.17, 15) is 4.79 Å². The molecule has 1 saturated carbocycles. The van der Waals surface area contributed by atoms with Gasteiger partial charge in [0, 0.05) is 24.2 Å². The second-order valence-corrected chi connectivity index (χ2v) is 4.92. The lowest BCUT2D eigenvalue weighted by molar-refractivity contribution is -0.128. The molecular weight excluding hydrogens is 226 g/mol. The van der Waals surface area contributed by atoms with E-state index >= 15 is 0 Å². The minimum atomic E-state index is 0.258. The Kier molecular flexibility index (Phi) is 5.34. The van der Waals surface area contributed by atoms with E-state index in [1.165, 1.54) is 19.3 Å². The molecule has 2 rings (SSSR count). The van der Waals surface area contributed by atoms with E-state index in [0.29, 0.717) is 6.61 Å². The van der Waals surface area contributed by atoms with Crippen molar-refractivity contribution in [2.24, 2.45) is 5.92 Å². The van der Waals surface area contributed by atoms with Crippen LogP contribution in [0.15, 0.2) is 24.4 Å². The second kappa shape index (κ2) is 7.27. The summed E-state index contributed by atoms with van der Waals surface area (Å²) >= 11 is 0. The lowest BCUT2D eigenvalue weighted by atomic mass is 9.86. The van der Waals surface area contributed by atoms with E-state index in [2.05, 4.69) is 4.98 Å². The molecule has 1 aliphatic rings. The minimum absolute atomic E-state index is 0.258. The molecule has 1 aromatic heterocycles. The van der Waals surface area contributed by atoms with Gasteiger partial charge in [0.05, 0.1) is 6.61 Å². The van der Waals surface area contributed by atoms with Crippen LogP contribution in [0.5, 0.6) is 0 Å². The fourth-order valence-corrected chi connectivity index (χ4v) is 2.44. The molecule has 18 heavy (non-hydrogen) atoms. The van der Waals surface area contributed by atoms with Crippen LogP contribution in [-0.2, 0) is 16.0 Å². The summed E-state index contributed by atoms with van der Waals surface area (Å²) < 4.78 is 5.46. The second-order valence-electron chi connectivity index (χ2n) is 4.92. The first-order chi connectivity index (χ1) is 8.86. The Bertz CT molecular complexity index is 358. The number of Topliss-reactive ketones (excluding diaryl/α,β-unsaturated/α-hetero) is 1. The van der Waals surface area contributed by atoms with Crippen molar-refractivity contribution in [1.82, 2.24) is 4.98 Å². The van der Waals surface area contributed by atoms with Gasteiger partial charge < -0.3 is 4.74 Å². The maximum absolute atomic E-state index is 11.9. The van der Waals surface area contributed by atoms with Crippen molar-refractivity contribution in [3.8, 4) is 0 Å². The maximum Gasteiger partial charge on any atom is 0.161 e. The molecule has 0 spiro atoms. The number of carbonyl (C=O) groups is 1. The van der Waals surface area contributed by atoms with Gasteiger partial charge in [-0.2, -0.15) is 0 Å². The van der Waals surface area contributed by atoms with Gasteiger partial charge in [-0.25, -0.2) is 0 Å². The first kappa shape index (κ1) is 13.2. The van der Waals surface area contributed by atoms with Crippen LogP contribution in [0.3, 0.4) is 0 Å². The molecule has 0 amide bonds. The Morgan fingerprint density at radius 3 is 2.83 bits per heavy atom. The van der Waals surface area contributed by atoms with Gasteiger partial charge in [-0.05, 0) is 25.0 Å². The summed E-state index contributed by atoms with van der Waals surface area (Å²) in [6, 6.07) is 5.85. The van der Waals surface area contributed by atoms with Gasteiger partial charge in [-0.15, -0.1) is 0 Å². The molecule has 0 bridgehead atoms. The zero-order chi connectivity index (χ0) is 12.6. The summed E-state index contributed by atoms with van der Waals surface area (Å²) in [5, 5.41) is 0. The SMILES string of the molecule is O=C(COCCc1ccccn1)C1CCCCC1. The largest absolute Gasteiger partial charge is 0.373 e. The summed E-state index contributed by atoms with van der Waals surface area (Å²) in [4.78, 5) is 16.1. The topological polar surface area (TPSA) is 39.2 Å². The summed E-state index contributed by atoms with van der Waals surface area (Å²) in [5.74, 6) is 0.546. The van der Waals surface area contributed by atoms with Crippen molar-refractivity contribution in [3.63, 3.8) is 0 Å². The van der Waals surface area contributed by atoms with Crippen LogP contribution in [0.25, 0.3) is 0 Å². The van der Waals surface area contributed by atoms with Crippen LogP contribution in [-0.4, -0.2) is 24.0 Å². The van der Waals surface area contributed by atoms with Crippen LogP contribution < -0.4 is 0 Å². The average molecular weight is 247 g/mol. The predicted molar refractivity (Wildman–Crippen MR) is 70.3 cm³/mol. The van der Waals surface area contributed by atoms with E-state index in [-0.39, 0.29) is 18.3 Å².